The fraction of sp³-hybridized carbons (Fsp3) is 0.429. The fourth-order valence-corrected chi connectivity index (χ4v) is 3.21. The molecule has 1 unspecified atom stereocenters. The molecule has 0 saturated carbocycles. The van der Waals surface area contributed by atoms with E-state index in [0.29, 0.717) is 14.9 Å². The third kappa shape index (κ3) is 5.00. The summed E-state index contributed by atoms with van der Waals surface area (Å²) in [5, 5.41) is 3.76. The molecule has 0 radical (unpaired) electrons. The van der Waals surface area contributed by atoms with Crippen molar-refractivity contribution in [2.45, 2.75) is 31.7 Å². The summed E-state index contributed by atoms with van der Waals surface area (Å²) >= 11 is 13.3. The van der Waals surface area contributed by atoms with E-state index in [9.17, 15) is 9.59 Å². The highest BCUT2D eigenvalue weighted by Gasteiger charge is 2.20. The van der Waals surface area contributed by atoms with Gasteiger partial charge in [-0.25, -0.2) is 0 Å². The van der Waals surface area contributed by atoms with Gasteiger partial charge < -0.3 is 5.32 Å². The molecule has 0 saturated heterocycles. The molecule has 110 valence electrons. The SMILES string of the molecule is CC(=O)C(NC(=O)CSc1c(Cl)cccc1Cl)C(C)C. The summed E-state index contributed by atoms with van der Waals surface area (Å²) in [5.74, 6) is -0.0284. The normalized spacial score (nSPS) is 12.3. The summed E-state index contributed by atoms with van der Waals surface area (Å²) in [5.41, 5.74) is 0. The second-order valence-corrected chi connectivity index (χ2v) is 6.54. The van der Waals surface area contributed by atoms with Crippen molar-refractivity contribution in [3.05, 3.63) is 28.2 Å². The van der Waals surface area contributed by atoms with Crippen LogP contribution < -0.4 is 5.32 Å². The maximum Gasteiger partial charge on any atom is 0.230 e. The van der Waals surface area contributed by atoms with E-state index in [1.165, 1.54) is 18.7 Å². The largest absolute Gasteiger partial charge is 0.345 e. The van der Waals surface area contributed by atoms with E-state index in [-0.39, 0.29) is 23.4 Å². The molecule has 0 bridgehead atoms. The topological polar surface area (TPSA) is 46.2 Å². The van der Waals surface area contributed by atoms with Gasteiger partial charge >= 0.3 is 0 Å². The van der Waals surface area contributed by atoms with Crippen molar-refractivity contribution in [3.8, 4) is 0 Å². The predicted octanol–water partition coefficient (Wildman–Crippen LogP) is 3.82. The quantitative estimate of drug-likeness (QED) is 0.805. The Bertz CT molecular complexity index is 486. The van der Waals surface area contributed by atoms with Gasteiger partial charge in [0.25, 0.3) is 0 Å². The van der Waals surface area contributed by atoms with Gasteiger partial charge in [-0.1, -0.05) is 43.1 Å². The molecule has 1 aromatic carbocycles. The van der Waals surface area contributed by atoms with Crippen molar-refractivity contribution in [2.75, 3.05) is 5.75 Å². The minimum Gasteiger partial charge on any atom is -0.345 e. The summed E-state index contributed by atoms with van der Waals surface area (Å²) in [4.78, 5) is 24.0. The molecule has 20 heavy (non-hydrogen) atoms. The van der Waals surface area contributed by atoms with Crippen molar-refractivity contribution < 1.29 is 9.59 Å². The smallest absolute Gasteiger partial charge is 0.230 e. The van der Waals surface area contributed by atoms with E-state index in [2.05, 4.69) is 5.32 Å². The lowest BCUT2D eigenvalue weighted by molar-refractivity contribution is -0.126. The Morgan fingerprint density at radius 3 is 2.25 bits per heavy atom. The highest BCUT2D eigenvalue weighted by atomic mass is 35.5. The maximum absolute atomic E-state index is 11.9. The molecule has 0 aliphatic rings. The van der Waals surface area contributed by atoms with Crippen LogP contribution in [0.4, 0.5) is 0 Å². The molecule has 1 rings (SSSR count). The van der Waals surface area contributed by atoms with Gasteiger partial charge in [0.15, 0.2) is 5.78 Å². The Hall–Kier alpha value is -0.710. The first kappa shape index (κ1) is 17.3. The molecule has 1 amide bonds. The zero-order valence-electron chi connectivity index (χ0n) is 11.6. The van der Waals surface area contributed by atoms with E-state index in [1.807, 2.05) is 13.8 Å². The zero-order valence-corrected chi connectivity index (χ0v) is 13.9. The van der Waals surface area contributed by atoms with Crippen LogP contribution in [-0.4, -0.2) is 23.5 Å². The molecule has 0 heterocycles. The van der Waals surface area contributed by atoms with E-state index < -0.39 is 6.04 Å². The van der Waals surface area contributed by atoms with Crippen LogP contribution in [0.2, 0.25) is 10.0 Å². The van der Waals surface area contributed by atoms with Crippen LogP contribution in [-0.2, 0) is 9.59 Å². The van der Waals surface area contributed by atoms with Crippen LogP contribution in [0.25, 0.3) is 0 Å². The van der Waals surface area contributed by atoms with Gasteiger partial charge in [0, 0.05) is 4.90 Å². The molecule has 1 aromatic rings. The number of rotatable bonds is 6. The monoisotopic (exact) mass is 333 g/mol. The number of nitrogens with one attached hydrogen (secondary N) is 1. The molecular formula is C14H17Cl2NO2S. The van der Waals surface area contributed by atoms with Crippen molar-refractivity contribution >= 4 is 46.7 Å². The Labute approximate surface area is 133 Å². The Kier molecular flexibility index (Phi) is 6.86. The van der Waals surface area contributed by atoms with E-state index in [0.717, 1.165) is 0 Å². The first-order valence-corrected chi connectivity index (χ1v) is 7.93. The third-order valence-corrected chi connectivity index (χ3v) is 4.68. The summed E-state index contributed by atoms with van der Waals surface area (Å²) < 4.78 is 0. The van der Waals surface area contributed by atoms with Gasteiger partial charge in [0.05, 0.1) is 21.8 Å². The second-order valence-electron chi connectivity index (χ2n) is 4.74. The van der Waals surface area contributed by atoms with Gasteiger partial charge in [-0.15, -0.1) is 11.8 Å². The molecular weight excluding hydrogens is 317 g/mol. The van der Waals surface area contributed by atoms with Gasteiger partial charge in [0.2, 0.25) is 5.91 Å². The molecule has 1 N–H and O–H groups in total. The third-order valence-electron chi connectivity index (χ3n) is 2.69. The summed E-state index contributed by atoms with van der Waals surface area (Å²) in [6.45, 7) is 5.26. The number of ketones is 1. The molecule has 1 atom stereocenters. The number of hydrogen-bond acceptors (Lipinski definition) is 3. The van der Waals surface area contributed by atoms with Gasteiger partial charge in [0.1, 0.15) is 0 Å². The number of benzene rings is 1. The molecule has 6 heteroatoms. The van der Waals surface area contributed by atoms with Crippen LogP contribution in [0.1, 0.15) is 20.8 Å². The van der Waals surface area contributed by atoms with Crippen molar-refractivity contribution in [1.29, 1.82) is 0 Å². The highest BCUT2D eigenvalue weighted by Crippen LogP contribution is 2.33. The Morgan fingerprint density at radius 2 is 1.80 bits per heavy atom. The number of hydrogen-bond donors (Lipinski definition) is 1. The summed E-state index contributed by atoms with van der Waals surface area (Å²) in [7, 11) is 0. The number of Topliss-reactive ketones (excluding diaryl/α,β-unsaturated/α-hetero) is 1. The lowest BCUT2D eigenvalue weighted by Crippen LogP contribution is -2.44. The molecule has 0 fully saturated rings. The molecule has 0 aliphatic carbocycles. The number of carbonyl (C=O) groups excluding carboxylic acids is 2. The number of amides is 1. The maximum atomic E-state index is 11.9. The van der Waals surface area contributed by atoms with Crippen molar-refractivity contribution in [1.82, 2.24) is 5.32 Å². The molecule has 0 aliphatic heterocycles. The van der Waals surface area contributed by atoms with E-state index >= 15 is 0 Å². The van der Waals surface area contributed by atoms with Crippen LogP contribution in [0.3, 0.4) is 0 Å². The van der Waals surface area contributed by atoms with E-state index in [4.69, 9.17) is 23.2 Å². The fourth-order valence-electron chi connectivity index (χ4n) is 1.71. The minimum atomic E-state index is -0.454. The first-order valence-electron chi connectivity index (χ1n) is 6.19. The van der Waals surface area contributed by atoms with Gasteiger partial charge in [-0.2, -0.15) is 0 Å². The van der Waals surface area contributed by atoms with E-state index in [1.54, 1.807) is 18.2 Å². The standard InChI is InChI=1S/C14H17Cl2NO2S/c1-8(2)13(9(3)18)17-12(19)7-20-14-10(15)5-4-6-11(14)16/h4-6,8,13H,7H2,1-3H3,(H,17,19). The Balaban J connectivity index is 2.62. The molecule has 0 aromatic heterocycles. The first-order chi connectivity index (χ1) is 9.32. The zero-order chi connectivity index (χ0) is 15.3. The average molecular weight is 334 g/mol. The summed E-state index contributed by atoms with van der Waals surface area (Å²) in [6.07, 6.45) is 0. The molecule has 3 nitrogen and oxygen atoms in total. The van der Waals surface area contributed by atoms with Crippen LogP contribution in [0.15, 0.2) is 23.1 Å². The van der Waals surface area contributed by atoms with Crippen LogP contribution in [0.5, 0.6) is 0 Å². The predicted molar refractivity (Wildman–Crippen MR) is 84.6 cm³/mol. The van der Waals surface area contributed by atoms with Gasteiger partial charge in [-0.3, -0.25) is 9.59 Å². The highest BCUT2D eigenvalue weighted by molar-refractivity contribution is 8.00. The number of thioether (sulfide) groups is 1. The Morgan fingerprint density at radius 1 is 1.25 bits per heavy atom. The lowest BCUT2D eigenvalue weighted by atomic mass is 10.0. The van der Waals surface area contributed by atoms with Crippen molar-refractivity contribution in [2.24, 2.45) is 5.92 Å². The minimum absolute atomic E-state index is 0.0471. The second kappa shape index (κ2) is 7.91. The number of halogens is 2. The average Bonchev–Trinajstić information content (AvgIpc) is 2.34. The van der Waals surface area contributed by atoms with Crippen LogP contribution in [0, 0.1) is 5.92 Å². The number of carbonyl (C=O) groups is 2. The molecule has 0 spiro atoms. The van der Waals surface area contributed by atoms with Gasteiger partial charge in [-0.05, 0) is 25.0 Å². The van der Waals surface area contributed by atoms with Crippen LogP contribution >= 0.6 is 35.0 Å². The van der Waals surface area contributed by atoms with Crippen molar-refractivity contribution in [3.63, 3.8) is 0 Å². The lowest BCUT2D eigenvalue weighted by Gasteiger charge is -2.19. The summed E-state index contributed by atoms with van der Waals surface area (Å²) in [6, 6.07) is 4.74.